The molecule has 1 saturated heterocycles. The van der Waals surface area contributed by atoms with Crippen molar-refractivity contribution in [2.75, 3.05) is 37.1 Å². The molecule has 2 amide bonds. The number of hydrogen-bond acceptors (Lipinski definition) is 8. The molecule has 36 heavy (non-hydrogen) atoms. The van der Waals surface area contributed by atoms with Gasteiger partial charge in [-0.25, -0.2) is 9.78 Å². The van der Waals surface area contributed by atoms with Gasteiger partial charge < -0.3 is 24.3 Å². The Balaban J connectivity index is 1.44. The molecule has 192 valence electrons. The Kier molecular flexibility index (Phi) is 9.55. The van der Waals surface area contributed by atoms with Gasteiger partial charge in [-0.3, -0.25) is 5.32 Å². The third-order valence-electron chi connectivity index (χ3n) is 5.80. The summed E-state index contributed by atoms with van der Waals surface area (Å²) in [7, 11) is 0. The first kappa shape index (κ1) is 25.9. The van der Waals surface area contributed by atoms with E-state index in [1.54, 1.807) is 6.07 Å². The van der Waals surface area contributed by atoms with Gasteiger partial charge in [-0.2, -0.15) is 10.2 Å². The lowest BCUT2D eigenvalue weighted by Crippen LogP contribution is -2.22. The number of nitriles is 1. The highest BCUT2D eigenvalue weighted by Gasteiger charge is 2.17. The highest BCUT2D eigenvalue weighted by molar-refractivity contribution is 6.31. The average molecular weight is 516 g/mol. The number of nitrogens with one attached hydrogen (secondary N) is 2. The molecule has 0 saturated carbocycles. The largest absolute Gasteiger partial charge is 0.491 e. The number of carbonyl (C=O) groups excluding carboxylic acids is 1. The van der Waals surface area contributed by atoms with E-state index in [1.165, 1.54) is 6.20 Å². The number of nitrogens with zero attached hydrogens (tertiary/aromatic N) is 3. The Morgan fingerprint density at radius 3 is 2.75 bits per heavy atom. The summed E-state index contributed by atoms with van der Waals surface area (Å²) >= 11 is 6.56. The van der Waals surface area contributed by atoms with Crippen molar-refractivity contribution in [3.8, 4) is 17.7 Å². The lowest BCUT2D eigenvalue weighted by molar-refractivity contribution is -0.162. The zero-order chi connectivity index (χ0) is 25.2. The Bertz CT molecular complexity index is 1090. The molecule has 2 aromatic rings. The zero-order valence-electron chi connectivity index (χ0n) is 20.1. The predicted molar refractivity (Wildman–Crippen MR) is 134 cm³/mol. The van der Waals surface area contributed by atoms with Gasteiger partial charge in [0.2, 0.25) is 5.69 Å². The minimum Gasteiger partial charge on any atom is -0.491 e. The molecule has 10 nitrogen and oxygen atoms in total. The molecule has 1 unspecified atom stereocenters. The molecule has 0 spiro atoms. The molecule has 1 aromatic heterocycles. The lowest BCUT2D eigenvalue weighted by atomic mass is 10.1. The van der Waals surface area contributed by atoms with Crippen LogP contribution in [-0.2, 0) is 15.9 Å². The summed E-state index contributed by atoms with van der Waals surface area (Å²) in [6, 6.07) is 4.95. The first-order chi connectivity index (χ1) is 17.6. The zero-order valence-corrected chi connectivity index (χ0v) is 20.8. The number of aryl methyl sites for hydroxylation is 1. The summed E-state index contributed by atoms with van der Waals surface area (Å²) in [6.07, 6.45) is 8.23. The smallest absolute Gasteiger partial charge is 0.325 e. The number of ether oxygens (including phenoxy) is 4. The number of urea groups is 1. The molecule has 2 bridgehead atoms. The molecule has 3 heterocycles. The van der Waals surface area contributed by atoms with Gasteiger partial charge in [0.25, 0.3) is 5.88 Å². The molecule has 4 rings (SSSR count). The first-order valence-corrected chi connectivity index (χ1v) is 12.7. The molecule has 2 aliphatic heterocycles. The predicted octanol–water partition coefficient (Wildman–Crippen LogP) is 5.06. The Labute approximate surface area is 215 Å². The number of fused-ring (bicyclic) bond motifs is 3. The van der Waals surface area contributed by atoms with Crippen molar-refractivity contribution in [3.63, 3.8) is 0 Å². The summed E-state index contributed by atoms with van der Waals surface area (Å²) in [6.45, 7) is 2.18. The minimum absolute atomic E-state index is 0.0648. The van der Waals surface area contributed by atoms with Crippen molar-refractivity contribution in [2.45, 2.75) is 57.7 Å². The number of aromatic nitrogens is 2. The molecule has 0 radical (unpaired) electrons. The standard InChI is InChI=1S/C25H30ClN5O5/c26-18-14-19-21(13-17(18)7-6-12-35-23-8-2-5-10-34-23)33-9-3-1-4-11-36-24-20(15-27)28-16-22(30-24)31-25(32)29-19/h13-14,16,23H,1-12H2,(H2,29,30,31,32). The molecule has 11 heteroatoms. The van der Waals surface area contributed by atoms with E-state index in [1.807, 2.05) is 12.1 Å². The third kappa shape index (κ3) is 7.43. The van der Waals surface area contributed by atoms with Gasteiger partial charge in [0, 0.05) is 11.6 Å². The first-order valence-electron chi connectivity index (χ1n) is 12.3. The number of amides is 2. The van der Waals surface area contributed by atoms with Crippen molar-refractivity contribution >= 4 is 29.1 Å². The molecule has 1 atom stereocenters. The van der Waals surface area contributed by atoms with E-state index in [-0.39, 0.29) is 23.7 Å². The molecule has 1 fully saturated rings. The molecule has 0 aliphatic carbocycles. The summed E-state index contributed by atoms with van der Waals surface area (Å²) < 4.78 is 23.1. The fraction of sp³-hybridized carbons (Fsp3) is 0.520. The van der Waals surface area contributed by atoms with E-state index >= 15 is 0 Å². The van der Waals surface area contributed by atoms with Crippen molar-refractivity contribution in [3.05, 3.63) is 34.6 Å². The van der Waals surface area contributed by atoms with Gasteiger partial charge in [-0.15, -0.1) is 0 Å². The maximum atomic E-state index is 12.7. The second kappa shape index (κ2) is 13.3. The van der Waals surface area contributed by atoms with Crippen LogP contribution in [0, 0.1) is 11.3 Å². The van der Waals surface area contributed by atoms with Gasteiger partial charge >= 0.3 is 6.03 Å². The lowest BCUT2D eigenvalue weighted by Gasteiger charge is -2.22. The third-order valence-corrected chi connectivity index (χ3v) is 6.15. The fourth-order valence-electron chi connectivity index (χ4n) is 3.94. The van der Waals surface area contributed by atoms with E-state index in [2.05, 4.69) is 20.6 Å². The van der Waals surface area contributed by atoms with E-state index in [9.17, 15) is 10.1 Å². The van der Waals surface area contributed by atoms with Gasteiger partial charge in [0.1, 0.15) is 11.8 Å². The van der Waals surface area contributed by atoms with Crippen LogP contribution >= 0.6 is 11.6 Å². The molecular weight excluding hydrogens is 486 g/mol. The van der Waals surface area contributed by atoms with Gasteiger partial charge in [0.15, 0.2) is 12.1 Å². The van der Waals surface area contributed by atoms with Crippen LogP contribution in [-0.4, -0.2) is 48.7 Å². The van der Waals surface area contributed by atoms with E-state index in [4.69, 9.17) is 30.5 Å². The number of hydrogen-bond donors (Lipinski definition) is 2. The summed E-state index contributed by atoms with van der Waals surface area (Å²) in [5.74, 6) is 0.788. The van der Waals surface area contributed by atoms with Gasteiger partial charge in [0.05, 0.1) is 31.7 Å². The Hall–Kier alpha value is -3.13. The van der Waals surface area contributed by atoms with Gasteiger partial charge in [-0.1, -0.05) is 11.6 Å². The maximum Gasteiger partial charge on any atom is 0.325 e. The van der Waals surface area contributed by atoms with Crippen LogP contribution < -0.4 is 20.1 Å². The second-order valence-corrected chi connectivity index (χ2v) is 8.97. The molecule has 2 N–H and O–H groups in total. The molecular formula is C25H30ClN5O5. The fourth-order valence-corrected chi connectivity index (χ4v) is 4.19. The summed E-state index contributed by atoms with van der Waals surface area (Å²) in [4.78, 5) is 20.9. The summed E-state index contributed by atoms with van der Waals surface area (Å²) in [5, 5.41) is 15.1. The van der Waals surface area contributed by atoms with Crippen LogP contribution in [0.15, 0.2) is 18.3 Å². The monoisotopic (exact) mass is 515 g/mol. The van der Waals surface area contributed by atoms with Crippen LogP contribution in [0.3, 0.4) is 0 Å². The van der Waals surface area contributed by atoms with Crippen LogP contribution in [0.2, 0.25) is 5.02 Å². The number of carbonyl (C=O) groups is 1. The van der Waals surface area contributed by atoms with E-state index in [0.29, 0.717) is 42.7 Å². The maximum absolute atomic E-state index is 12.7. The van der Waals surface area contributed by atoms with Crippen LogP contribution in [0.5, 0.6) is 11.6 Å². The van der Waals surface area contributed by atoms with E-state index < -0.39 is 6.03 Å². The Morgan fingerprint density at radius 2 is 1.94 bits per heavy atom. The van der Waals surface area contributed by atoms with Crippen LogP contribution in [0.4, 0.5) is 16.3 Å². The highest BCUT2D eigenvalue weighted by Crippen LogP contribution is 2.33. The SMILES string of the molecule is N#Cc1ncc2nc1OCCCCCOc1cc(CCCOC3CCCCO3)c(Cl)cc1NC(=O)N2. The van der Waals surface area contributed by atoms with Gasteiger partial charge in [-0.05, 0) is 69.1 Å². The van der Waals surface area contributed by atoms with Crippen molar-refractivity contribution in [1.82, 2.24) is 9.97 Å². The highest BCUT2D eigenvalue weighted by atomic mass is 35.5. The van der Waals surface area contributed by atoms with Crippen molar-refractivity contribution in [2.24, 2.45) is 0 Å². The minimum atomic E-state index is -0.552. The molecule has 2 aliphatic rings. The molecule has 1 aromatic carbocycles. The van der Waals surface area contributed by atoms with E-state index in [0.717, 1.165) is 57.1 Å². The second-order valence-electron chi connectivity index (χ2n) is 8.57. The Morgan fingerprint density at radius 1 is 1.11 bits per heavy atom. The number of anilines is 2. The number of rotatable bonds is 5. The number of benzene rings is 1. The summed E-state index contributed by atoms with van der Waals surface area (Å²) in [5.41, 5.74) is 1.43. The topological polar surface area (TPSA) is 128 Å². The van der Waals surface area contributed by atoms with Crippen molar-refractivity contribution < 1.29 is 23.7 Å². The van der Waals surface area contributed by atoms with Crippen molar-refractivity contribution in [1.29, 1.82) is 5.26 Å². The van der Waals surface area contributed by atoms with Crippen LogP contribution in [0.25, 0.3) is 0 Å². The normalized spacial score (nSPS) is 18.7. The average Bonchev–Trinajstić information content (AvgIpc) is 2.88. The quantitative estimate of drug-likeness (QED) is 0.528. The number of halogens is 1. The van der Waals surface area contributed by atoms with Crippen LogP contribution in [0.1, 0.15) is 56.2 Å².